The molecule has 0 aliphatic heterocycles. The molecule has 7 heteroatoms. The van der Waals surface area contributed by atoms with Crippen molar-refractivity contribution in [1.82, 2.24) is 0 Å². The van der Waals surface area contributed by atoms with Gasteiger partial charge in [-0.05, 0) is 55.7 Å². The molecule has 1 aliphatic rings. The molecule has 0 heterocycles. The number of nitrogens with two attached hydrogens (primary N) is 1. The van der Waals surface area contributed by atoms with Crippen LogP contribution >= 0.6 is 0 Å². The van der Waals surface area contributed by atoms with E-state index >= 15 is 0 Å². The Morgan fingerprint density at radius 1 is 1.45 bits per heavy atom. The standard InChI is InChI=1S/C15H20F3NO2S/c1-10(22(19)20)8-11-4-2-6-13-12(11)5-3-7-14(13)21-9-15(16,17)18/h3,5,7,10-11H,2,4,6,8-9,19H2,1H3/t10?,11-,22?/m1/s1. The van der Waals surface area contributed by atoms with Gasteiger partial charge in [-0.1, -0.05) is 12.1 Å². The van der Waals surface area contributed by atoms with E-state index < -0.39 is 23.8 Å². The molecule has 2 rings (SSSR count). The number of hydrogen-bond acceptors (Lipinski definition) is 2. The van der Waals surface area contributed by atoms with Crippen LogP contribution in [0.5, 0.6) is 5.75 Å². The molecule has 0 aromatic heterocycles. The first-order chi connectivity index (χ1) is 10.3. The van der Waals surface area contributed by atoms with Gasteiger partial charge in [-0.3, -0.25) is 5.14 Å². The van der Waals surface area contributed by atoms with Gasteiger partial charge in [-0.15, -0.1) is 0 Å². The number of hydrogen-bond donors (Lipinski definition) is 1. The summed E-state index contributed by atoms with van der Waals surface area (Å²) in [7, 11) is -1.39. The lowest BCUT2D eigenvalue weighted by atomic mass is 9.80. The Labute approximate surface area is 130 Å². The van der Waals surface area contributed by atoms with E-state index in [2.05, 4.69) is 0 Å². The van der Waals surface area contributed by atoms with Gasteiger partial charge in [0.25, 0.3) is 0 Å². The normalized spacial score (nSPS) is 21.0. The Hall–Kier alpha value is -1.08. The fraction of sp³-hybridized carbons (Fsp3) is 0.600. The molecule has 124 valence electrons. The lowest BCUT2D eigenvalue weighted by Crippen LogP contribution is -2.23. The monoisotopic (exact) mass is 335 g/mol. The average Bonchev–Trinajstić information content (AvgIpc) is 2.44. The van der Waals surface area contributed by atoms with Crippen LogP contribution in [0, 0.1) is 0 Å². The van der Waals surface area contributed by atoms with E-state index in [-0.39, 0.29) is 11.2 Å². The molecule has 1 aliphatic carbocycles. The van der Waals surface area contributed by atoms with Crippen LogP contribution in [-0.4, -0.2) is 22.2 Å². The van der Waals surface area contributed by atoms with Crippen molar-refractivity contribution in [2.45, 2.75) is 50.0 Å². The average molecular weight is 335 g/mol. The van der Waals surface area contributed by atoms with E-state index in [1.54, 1.807) is 12.1 Å². The van der Waals surface area contributed by atoms with Gasteiger partial charge in [0.05, 0.1) is 11.0 Å². The molecule has 1 aromatic rings. The first-order valence-electron chi connectivity index (χ1n) is 7.24. The molecule has 0 spiro atoms. The first kappa shape index (κ1) is 17.3. The van der Waals surface area contributed by atoms with Gasteiger partial charge >= 0.3 is 6.18 Å². The fourth-order valence-electron chi connectivity index (χ4n) is 2.95. The summed E-state index contributed by atoms with van der Waals surface area (Å²) < 4.78 is 53.3. The van der Waals surface area contributed by atoms with Gasteiger partial charge in [0, 0.05) is 5.25 Å². The third-order valence-electron chi connectivity index (χ3n) is 3.99. The van der Waals surface area contributed by atoms with Crippen molar-refractivity contribution in [1.29, 1.82) is 0 Å². The number of fused-ring (bicyclic) bond motifs is 1. The maximum atomic E-state index is 12.3. The Morgan fingerprint density at radius 2 is 2.18 bits per heavy atom. The Balaban J connectivity index is 2.19. The summed E-state index contributed by atoms with van der Waals surface area (Å²) in [6.07, 6.45) is -1.16. The van der Waals surface area contributed by atoms with Crippen molar-refractivity contribution in [3.63, 3.8) is 0 Å². The third-order valence-corrected chi connectivity index (χ3v) is 4.98. The minimum Gasteiger partial charge on any atom is -0.484 e. The topological polar surface area (TPSA) is 52.3 Å². The smallest absolute Gasteiger partial charge is 0.422 e. The molecular formula is C15H20F3NO2S. The summed E-state index contributed by atoms with van der Waals surface area (Å²) >= 11 is 0. The summed E-state index contributed by atoms with van der Waals surface area (Å²) in [4.78, 5) is 0. The number of halogens is 3. The lowest BCUT2D eigenvalue weighted by Gasteiger charge is -2.28. The van der Waals surface area contributed by atoms with Crippen molar-refractivity contribution in [3.8, 4) is 5.75 Å². The maximum absolute atomic E-state index is 12.3. The zero-order chi connectivity index (χ0) is 16.3. The molecule has 0 saturated heterocycles. The van der Waals surface area contributed by atoms with Gasteiger partial charge in [-0.2, -0.15) is 13.2 Å². The highest BCUT2D eigenvalue weighted by atomic mass is 32.2. The molecule has 3 nitrogen and oxygen atoms in total. The molecular weight excluding hydrogens is 315 g/mol. The Kier molecular flexibility index (Phi) is 5.50. The second-order valence-electron chi connectivity index (χ2n) is 5.69. The highest BCUT2D eigenvalue weighted by Gasteiger charge is 2.30. The number of rotatable bonds is 5. The van der Waals surface area contributed by atoms with Crippen LogP contribution in [0.15, 0.2) is 18.2 Å². The van der Waals surface area contributed by atoms with Crippen LogP contribution < -0.4 is 9.88 Å². The van der Waals surface area contributed by atoms with E-state index in [4.69, 9.17) is 9.88 Å². The maximum Gasteiger partial charge on any atom is 0.422 e. The quantitative estimate of drug-likeness (QED) is 0.896. The zero-order valence-corrected chi connectivity index (χ0v) is 13.2. The van der Waals surface area contributed by atoms with Gasteiger partial charge in [0.1, 0.15) is 5.75 Å². The van der Waals surface area contributed by atoms with Gasteiger partial charge in [0.15, 0.2) is 6.61 Å². The van der Waals surface area contributed by atoms with Crippen molar-refractivity contribution in [2.75, 3.05) is 6.61 Å². The van der Waals surface area contributed by atoms with Crippen LogP contribution in [0.3, 0.4) is 0 Å². The molecule has 1 aromatic carbocycles. The van der Waals surface area contributed by atoms with Crippen molar-refractivity contribution in [2.24, 2.45) is 5.14 Å². The minimum atomic E-state index is -4.35. The molecule has 0 fully saturated rings. The zero-order valence-electron chi connectivity index (χ0n) is 12.4. The summed E-state index contributed by atoms with van der Waals surface area (Å²) in [6, 6.07) is 5.22. The highest BCUT2D eigenvalue weighted by Crippen LogP contribution is 2.39. The van der Waals surface area contributed by atoms with Crippen molar-refractivity contribution < 1.29 is 22.1 Å². The second-order valence-corrected chi connectivity index (χ2v) is 7.15. The van der Waals surface area contributed by atoms with Gasteiger partial charge in [-0.25, -0.2) is 4.21 Å². The molecule has 2 N–H and O–H groups in total. The summed E-state index contributed by atoms with van der Waals surface area (Å²) in [5, 5.41) is 5.28. The van der Waals surface area contributed by atoms with Crippen molar-refractivity contribution in [3.05, 3.63) is 29.3 Å². The lowest BCUT2D eigenvalue weighted by molar-refractivity contribution is -0.153. The second kappa shape index (κ2) is 7.00. The van der Waals surface area contributed by atoms with E-state index in [1.165, 1.54) is 0 Å². The first-order valence-corrected chi connectivity index (χ1v) is 8.52. The number of benzene rings is 1. The number of alkyl halides is 3. The van der Waals surface area contributed by atoms with E-state index in [9.17, 15) is 17.4 Å². The van der Waals surface area contributed by atoms with E-state index in [1.807, 2.05) is 13.0 Å². The Bertz CT molecular complexity index is 548. The molecule has 0 amide bonds. The van der Waals surface area contributed by atoms with Gasteiger partial charge < -0.3 is 4.74 Å². The van der Waals surface area contributed by atoms with Crippen LogP contribution in [0.1, 0.15) is 43.2 Å². The van der Waals surface area contributed by atoms with Crippen molar-refractivity contribution >= 4 is 11.0 Å². The Morgan fingerprint density at radius 3 is 2.82 bits per heavy atom. The number of ether oxygens (including phenoxy) is 1. The summed E-state index contributed by atoms with van der Waals surface area (Å²) in [5.41, 5.74) is 1.85. The fourth-order valence-corrected chi connectivity index (χ4v) is 3.37. The van der Waals surface area contributed by atoms with Crippen LogP contribution in [0.2, 0.25) is 0 Å². The van der Waals surface area contributed by atoms with Gasteiger partial charge in [0.2, 0.25) is 0 Å². The van der Waals surface area contributed by atoms with Crippen LogP contribution in [0.25, 0.3) is 0 Å². The molecule has 0 radical (unpaired) electrons. The molecule has 0 bridgehead atoms. The SMILES string of the molecule is CC(C[C@H]1CCCc2c(OCC(F)(F)F)cccc21)S(N)=O. The van der Waals surface area contributed by atoms with E-state index in [0.717, 1.165) is 24.0 Å². The molecule has 22 heavy (non-hydrogen) atoms. The molecule has 3 atom stereocenters. The minimum absolute atomic E-state index is 0.143. The summed E-state index contributed by atoms with van der Waals surface area (Å²) in [5.74, 6) is 0.474. The third kappa shape index (κ3) is 4.46. The predicted octanol–water partition coefficient (Wildman–Crippen LogP) is 3.45. The highest BCUT2D eigenvalue weighted by molar-refractivity contribution is 7.83. The van der Waals surface area contributed by atoms with Crippen LogP contribution in [-0.2, 0) is 17.4 Å². The molecule has 0 saturated carbocycles. The van der Waals surface area contributed by atoms with Crippen LogP contribution in [0.4, 0.5) is 13.2 Å². The summed E-state index contributed by atoms with van der Waals surface area (Å²) in [6.45, 7) is 0.547. The largest absolute Gasteiger partial charge is 0.484 e. The molecule has 2 unspecified atom stereocenters. The predicted molar refractivity (Wildman–Crippen MR) is 80.1 cm³/mol. The van der Waals surface area contributed by atoms with E-state index in [0.29, 0.717) is 18.6 Å².